The zero-order valence-corrected chi connectivity index (χ0v) is 14.9. The second-order valence-electron chi connectivity index (χ2n) is 6.23. The topological polar surface area (TPSA) is 34.1 Å². The Labute approximate surface area is 153 Å². The van der Waals surface area contributed by atoms with E-state index in [1.165, 1.54) is 10.8 Å². The van der Waals surface area contributed by atoms with Gasteiger partial charge < -0.3 is 10.1 Å². The minimum atomic E-state index is 0.842. The van der Waals surface area contributed by atoms with Gasteiger partial charge in [-0.15, -0.1) is 0 Å². The van der Waals surface area contributed by atoms with E-state index in [0.29, 0.717) is 0 Å². The monoisotopic (exact) mass is 340 g/mol. The van der Waals surface area contributed by atoms with E-state index in [9.17, 15) is 0 Å². The number of nitrogens with zero attached hydrogens (tertiary/aromatic N) is 1. The zero-order chi connectivity index (χ0) is 17.9. The van der Waals surface area contributed by atoms with Gasteiger partial charge in [0.2, 0.25) is 0 Å². The van der Waals surface area contributed by atoms with Crippen molar-refractivity contribution in [2.24, 2.45) is 0 Å². The molecule has 3 nitrogen and oxygen atoms in total. The first kappa shape index (κ1) is 16.2. The fourth-order valence-corrected chi connectivity index (χ4v) is 3.21. The number of ether oxygens (including phenoxy) is 1. The van der Waals surface area contributed by atoms with Crippen molar-refractivity contribution in [2.75, 3.05) is 12.4 Å². The molecular weight excluding hydrogens is 320 g/mol. The van der Waals surface area contributed by atoms with Crippen LogP contribution in [-0.4, -0.2) is 12.1 Å². The number of anilines is 2. The van der Waals surface area contributed by atoms with Gasteiger partial charge in [-0.05, 0) is 59.7 Å². The summed E-state index contributed by atoms with van der Waals surface area (Å²) in [7, 11) is 1.67. The standard InChI is InChI=1S/C23H20N2O/c1-16-6-5-15-24-23(16)22-20-8-4-3-7-17(20)9-14-21(22)25-18-10-12-19(26-2)13-11-18/h3-15,25H,1-2H3. The molecule has 26 heavy (non-hydrogen) atoms. The van der Waals surface area contributed by atoms with Crippen molar-refractivity contribution in [3.8, 4) is 17.0 Å². The molecule has 0 atom stereocenters. The van der Waals surface area contributed by atoms with Gasteiger partial charge in [0, 0.05) is 23.1 Å². The van der Waals surface area contributed by atoms with Crippen LogP contribution in [-0.2, 0) is 0 Å². The molecule has 4 rings (SSSR count). The lowest BCUT2D eigenvalue weighted by atomic mass is 9.97. The average Bonchev–Trinajstić information content (AvgIpc) is 2.69. The van der Waals surface area contributed by atoms with Gasteiger partial charge in [0.1, 0.15) is 5.75 Å². The maximum atomic E-state index is 5.25. The fraction of sp³-hybridized carbons (Fsp3) is 0.0870. The number of pyridine rings is 1. The molecule has 0 bridgehead atoms. The molecule has 4 aromatic rings. The first-order valence-electron chi connectivity index (χ1n) is 8.61. The SMILES string of the molecule is COc1ccc(Nc2ccc3ccccc3c2-c2ncccc2C)cc1. The summed E-state index contributed by atoms with van der Waals surface area (Å²) in [5.41, 5.74) is 5.32. The second kappa shape index (κ2) is 6.89. The molecule has 3 heteroatoms. The summed E-state index contributed by atoms with van der Waals surface area (Å²) in [6.07, 6.45) is 1.85. The second-order valence-corrected chi connectivity index (χ2v) is 6.23. The number of hydrogen-bond acceptors (Lipinski definition) is 3. The molecule has 0 aliphatic heterocycles. The van der Waals surface area contributed by atoms with Crippen LogP contribution in [0.25, 0.3) is 22.0 Å². The van der Waals surface area contributed by atoms with Crippen LogP contribution >= 0.6 is 0 Å². The Bertz CT molecular complexity index is 1060. The lowest BCUT2D eigenvalue weighted by molar-refractivity contribution is 0.415. The van der Waals surface area contributed by atoms with Crippen molar-refractivity contribution in [3.05, 3.63) is 84.6 Å². The van der Waals surface area contributed by atoms with Gasteiger partial charge in [0.25, 0.3) is 0 Å². The van der Waals surface area contributed by atoms with E-state index in [1.54, 1.807) is 7.11 Å². The Morgan fingerprint density at radius 1 is 0.846 bits per heavy atom. The lowest BCUT2D eigenvalue weighted by Gasteiger charge is -2.16. The smallest absolute Gasteiger partial charge is 0.119 e. The fourth-order valence-electron chi connectivity index (χ4n) is 3.21. The summed E-state index contributed by atoms with van der Waals surface area (Å²) in [5.74, 6) is 0.842. The molecule has 0 aliphatic rings. The van der Waals surface area contributed by atoms with Crippen LogP contribution in [0, 0.1) is 6.92 Å². The van der Waals surface area contributed by atoms with Gasteiger partial charge in [-0.2, -0.15) is 0 Å². The van der Waals surface area contributed by atoms with Crippen LogP contribution < -0.4 is 10.1 Å². The lowest BCUT2D eigenvalue weighted by Crippen LogP contribution is -1.97. The Kier molecular flexibility index (Phi) is 4.28. The molecule has 0 amide bonds. The number of rotatable bonds is 4. The van der Waals surface area contributed by atoms with Crippen LogP contribution in [0.2, 0.25) is 0 Å². The minimum absolute atomic E-state index is 0.842. The van der Waals surface area contributed by atoms with Gasteiger partial charge in [-0.25, -0.2) is 0 Å². The molecule has 1 N–H and O–H groups in total. The molecule has 0 saturated carbocycles. The first-order chi connectivity index (χ1) is 12.8. The Hall–Kier alpha value is -3.33. The molecule has 3 aromatic carbocycles. The molecule has 0 radical (unpaired) electrons. The Balaban J connectivity index is 1.88. The molecule has 0 unspecified atom stereocenters. The molecule has 0 spiro atoms. The highest BCUT2D eigenvalue weighted by atomic mass is 16.5. The molecule has 1 heterocycles. The normalized spacial score (nSPS) is 10.7. The van der Waals surface area contributed by atoms with Crippen molar-refractivity contribution >= 4 is 22.1 Å². The number of hydrogen-bond donors (Lipinski definition) is 1. The number of benzene rings is 3. The highest BCUT2D eigenvalue weighted by Gasteiger charge is 2.13. The van der Waals surface area contributed by atoms with Gasteiger partial charge in [-0.3, -0.25) is 4.98 Å². The quantitative estimate of drug-likeness (QED) is 0.497. The summed E-state index contributed by atoms with van der Waals surface area (Å²) in [5, 5.41) is 5.94. The maximum absolute atomic E-state index is 5.25. The first-order valence-corrected chi connectivity index (χ1v) is 8.61. The van der Waals surface area contributed by atoms with Crippen LogP contribution in [0.1, 0.15) is 5.56 Å². The van der Waals surface area contributed by atoms with Crippen LogP contribution in [0.5, 0.6) is 5.75 Å². The van der Waals surface area contributed by atoms with E-state index < -0.39 is 0 Å². The van der Waals surface area contributed by atoms with E-state index in [-0.39, 0.29) is 0 Å². The third-order valence-electron chi connectivity index (χ3n) is 4.54. The van der Waals surface area contributed by atoms with Crippen molar-refractivity contribution in [3.63, 3.8) is 0 Å². The molecule has 0 aliphatic carbocycles. The average molecular weight is 340 g/mol. The molecular formula is C23H20N2O. The number of aryl methyl sites for hydroxylation is 1. The summed E-state index contributed by atoms with van der Waals surface area (Å²) < 4.78 is 5.25. The molecule has 1 aromatic heterocycles. The van der Waals surface area contributed by atoms with Crippen LogP contribution in [0.4, 0.5) is 11.4 Å². The third kappa shape index (κ3) is 3.00. The summed E-state index contributed by atoms with van der Waals surface area (Å²) in [6.45, 7) is 2.10. The Morgan fingerprint density at radius 3 is 2.42 bits per heavy atom. The third-order valence-corrected chi connectivity index (χ3v) is 4.54. The van der Waals surface area contributed by atoms with Gasteiger partial charge in [-0.1, -0.05) is 36.4 Å². The van der Waals surface area contributed by atoms with E-state index in [1.807, 2.05) is 36.5 Å². The number of nitrogens with one attached hydrogen (secondary N) is 1. The van der Waals surface area contributed by atoms with E-state index in [2.05, 4.69) is 59.7 Å². The summed E-state index contributed by atoms with van der Waals surface area (Å²) in [6, 6.07) is 24.7. The number of fused-ring (bicyclic) bond motifs is 1. The number of methoxy groups -OCH3 is 1. The number of aromatic nitrogens is 1. The predicted molar refractivity (Wildman–Crippen MR) is 108 cm³/mol. The highest BCUT2D eigenvalue weighted by molar-refractivity contribution is 6.03. The van der Waals surface area contributed by atoms with E-state index >= 15 is 0 Å². The maximum Gasteiger partial charge on any atom is 0.119 e. The minimum Gasteiger partial charge on any atom is -0.497 e. The van der Waals surface area contributed by atoms with Gasteiger partial charge >= 0.3 is 0 Å². The molecule has 0 saturated heterocycles. The van der Waals surface area contributed by atoms with Gasteiger partial charge in [0.15, 0.2) is 0 Å². The highest BCUT2D eigenvalue weighted by Crippen LogP contribution is 2.37. The van der Waals surface area contributed by atoms with Crippen molar-refractivity contribution in [1.82, 2.24) is 4.98 Å². The largest absolute Gasteiger partial charge is 0.497 e. The summed E-state index contributed by atoms with van der Waals surface area (Å²) in [4.78, 5) is 4.67. The van der Waals surface area contributed by atoms with Crippen LogP contribution in [0.15, 0.2) is 79.0 Å². The summed E-state index contributed by atoms with van der Waals surface area (Å²) >= 11 is 0. The van der Waals surface area contributed by atoms with Crippen molar-refractivity contribution in [1.29, 1.82) is 0 Å². The van der Waals surface area contributed by atoms with Crippen molar-refractivity contribution < 1.29 is 4.74 Å². The Morgan fingerprint density at radius 2 is 1.65 bits per heavy atom. The predicted octanol–water partition coefficient (Wildman–Crippen LogP) is 5.96. The molecule has 0 fully saturated rings. The van der Waals surface area contributed by atoms with E-state index in [0.717, 1.165) is 33.9 Å². The van der Waals surface area contributed by atoms with E-state index in [4.69, 9.17) is 4.74 Å². The zero-order valence-electron chi connectivity index (χ0n) is 14.9. The molecule has 128 valence electrons. The van der Waals surface area contributed by atoms with Gasteiger partial charge in [0.05, 0.1) is 12.8 Å². The van der Waals surface area contributed by atoms with Crippen LogP contribution in [0.3, 0.4) is 0 Å². The van der Waals surface area contributed by atoms with Crippen molar-refractivity contribution in [2.45, 2.75) is 6.92 Å².